The number of nitrogens with one attached hydrogen (secondary N) is 1. The van der Waals surface area contributed by atoms with E-state index in [1.54, 1.807) is 19.2 Å². The van der Waals surface area contributed by atoms with Crippen molar-refractivity contribution >= 4 is 0 Å². The maximum absolute atomic E-state index is 12.9. The first-order valence-corrected chi connectivity index (χ1v) is 8.58. The molecule has 1 atom stereocenters. The average Bonchev–Trinajstić information content (AvgIpc) is 2.62. The van der Waals surface area contributed by atoms with Crippen LogP contribution in [-0.2, 0) is 6.54 Å². The summed E-state index contributed by atoms with van der Waals surface area (Å²) < 4.78 is 24.0. The van der Waals surface area contributed by atoms with Crippen LogP contribution in [0.5, 0.6) is 11.5 Å². The van der Waals surface area contributed by atoms with Crippen molar-refractivity contribution in [2.45, 2.75) is 32.4 Å². The highest BCUT2D eigenvalue weighted by Gasteiger charge is 2.09. The molecule has 0 radical (unpaired) electrons. The number of hydrogen-bond acceptors (Lipinski definition) is 4. The first-order valence-electron chi connectivity index (χ1n) is 8.58. The molecule has 0 aromatic heterocycles. The van der Waals surface area contributed by atoms with E-state index in [1.807, 2.05) is 18.2 Å². The summed E-state index contributed by atoms with van der Waals surface area (Å²) in [7, 11) is 1.62. The topological polar surface area (TPSA) is 50.7 Å². The van der Waals surface area contributed by atoms with Crippen molar-refractivity contribution in [1.82, 2.24) is 5.32 Å². The molecule has 0 amide bonds. The third kappa shape index (κ3) is 6.03. The van der Waals surface area contributed by atoms with Gasteiger partial charge in [0, 0.05) is 13.1 Å². The lowest BCUT2D eigenvalue weighted by molar-refractivity contribution is 0.174. The fraction of sp³-hybridized carbons (Fsp3) is 0.400. The van der Waals surface area contributed by atoms with E-state index < -0.39 is 6.10 Å². The SMILES string of the molecule is CCCCOc1cc(CNCC(O)c2ccc(F)cc2)ccc1OC. The van der Waals surface area contributed by atoms with E-state index in [-0.39, 0.29) is 5.82 Å². The Kier molecular flexibility index (Phi) is 7.70. The van der Waals surface area contributed by atoms with Gasteiger partial charge >= 0.3 is 0 Å². The van der Waals surface area contributed by atoms with Crippen LogP contribution in [-0.4, -0.2) is 25.4 Å². The highest BCUT2D eigenvalue weighted by Crippen LogP contribution is 2.28. The molecule has 4 nitrogen and oxygen atoms in total. The van der Waals surface area contributed by atoms with Crippen LogP contribution in [0.15, 0.2) is 42.5 Å². The number of aliphatic hydroxyl groups excluding tert-OH is 1. The Morgan fingerprint density at radius 1 is 1.12 bits per heavy atom. The molecule has 5 heteroatoms. The molecule has 2 N–H and O–H groups in total. The summed E-state index contributed by atoms with van der Waals surface area (Å²) in [4.78, 5) is 0. The van der Waals surface area contributed by atoms with Crippen LogP contribution in [0.3, 0.4) is 0 Å². The molecule has 0 spiro atoms. The molecule has 136 valence electrons. The minimum Gasteiger partial charge on any atom is -0.493 e. The average molecular weight is 347 g/mol. The Hall–Kier alpha value is -2.11. The molecule has 2 aromatic carbocycles. The molecule has 0 aliphatic rings. The van der Waals surface area contributed by atoms with Crippen LogP contribution < -0.4 is 14.8 Å². The summed E-state index contributed by atoms with van der Waals surface area (Å²) >= 11 is 0. The van der Waals surface area contributed by atoms with Crippen molar-refractivity contribution in [3.8, 4) is 11.5 Å². The zero-order valence-corrected chi connectivity index (χ0v) is 14.8. The molecule has 2 aromatic rings. The standard InChI is InChI=1S/C20H26FNO3/c1-3-4-11-25-20-12-15(5-10-19(20)24-2)13-22-14-18(23)16-6-8-17(21)9-7-16/h5-10,12,18,22-23H,3-4,11,13-14H2,1-2H3. The second-order valence-corrected chi connectivity index (χ2v) is 5.89. The zero-order chi connectivity index (χ0) is 18.1. The van der Waals surface area contributed by atoms with Crippen LogP contribution in [0.2, 0.25) is 0 Å². The second-order valence-electron chi connectivity index (χ2n) is 5.89. The Morgan fingerprint density at radius 2 is 1.88 bits per heavy atom. The van der Waals surface area contributed by atoms with E-state index >= 15 is 0 Å². The number of methoxy groups -OCH3 is 1. The van der Waals surface area contributed by atoms with Gasteiger partial charge in [-0.05, 0) is 41.8 Å². The zero-order valence-electron chi connectivity index (χ0n) is 14.8. The molecule has 0 saturated carbocycles. The molecule has 0 fully saturated rings. The summed E-state index contributed by atoms with van der Waals surface area (Å²) in [5.74, 6) is 1.14. The van der Waals surface area contributed by atoms with E-state index in [1.165, 1.54) is 12.1 Å². The van der Waals surface area contributed by atoms with Gasteiger partial charge in [0.25, 0.3) is 0 Å². The van der Waals surface area contributed by atoms with Gasteiger partial charge in [-0.25, -0.2) is 4.39 Å². The summed E-state index contributed by atoms with van der Waals surface area (Å²) in [5, 5.41) is 13.3. The molecular formula is C20H26FNO3. The van der Waals surface area contributed by atoms with Gasteiger partial charge in [-0.3, -0.25) is 0 Å². The molecule has 2 rings (SSSR count). The third-order valence-corrected chi connectivity index (χ3v) is 3.91. The van der Waals surface area contributed by atoms with Gasteiger partial charge in [0.1, 0.15) is 5.82 Å². The Bertz CT molecular complexity index is 646. The van der Waals surface area contributed by atoms with Gasteiger partial charge < -0.3 is 19.9 Å². The third-order valence-electron chi connectivity index (χ3n) is 3.91. The Labute approximate surface area is 148 Å². The largest absolute Gasteiger partial charge is 0.493 e. The maximum atomic E-state index is 12.9. The fourth-order valence-electron chi connectivity index (χ4n) is 2.43. The first kappa shape index (κ1) is 19.2. The van der Waals surface area contributed by atoms with Gasteiger partial charge in [0.15, 0.2) is 11.5 Å². The number of halogens is 1. The molecule has 0 aliphatic carbocycles. The molecular weight excluding hydrogens is 321 g/mol. The number of unbranched alkanes of at least 4 members (excludes halogenated alkanes) is 1. The summed E-state index contributed by atoms with van der Waals surface area (Å²) in [6.45, 7) is 3.75. The van der Waals surface area contributed by atoms with Crippen LogP contribution in [0.4, 0.5) is 4.39 Å². The number of rotatable bonds is 10. The highest BCUT2D eigenvalue weighted by molar-refractivity contribution is 5.43. The quantitative estimate of drug-likeness (QED) is 0.641. The summed E-state index contributed by atoms with van der Waals surface area (Å²) in [5.41, 5.74) is 1.73. The Balaban J connectivity index is 1.89. The van der Waals surface area contributed by atoms with Crippen molar-refractivity contribution in [3.63, 3.8) is 0 Å². The van der Waals surface area contributed by atoms with E-state index in [4.69, 9.17) is 9.47 Å². The van der Waals surface area contributed by atoms with E-state index in [2.05, 4.69) is 12.2 Å². The van der Waals surface area contributed by atoms with Gasteiger partial charge in [-0.15, -0.1) is 0 Å². The monoisotopic (exact) mass is 347 g/mol. The van der Waals surface area contributed by atoms with Crippen molar-refractivity contribution in [3.05, 3.63) is 59.4 Å². The molecule has 1 unspecified atom stereocenters. The first-order chi connectivity index (χ1) is 12.1. The van der Waals surface area contributed by atoms with Gasteiger partial charge in [-0.1, -0.05) is 31.5 Å². The highest BCUT2D eigenvalue weighted by atomic mass is 19.1. The van der Waals surface area contributed by atoms with Crippen molar-refractivity contribution in [1.29, 1.82) is 0 Å². The number of hydrogen-bond donors (Lipinski definition) is 2. The van der Waals surface area contributed by atoms with Crippen LogP contribution in [0.25, 0.3) is 0 Å². The lowest BCUT2D eigenvalue weighted by Crippen LogP contribution is -2.21. The normalized spacial score (nSPS) is 12.0. The minimum absolute atomic E-state index is 0.308. The van der Waals surface area contributed by atoms with Gasteiger partial charge in [-0.2, -0.15) is 0 Å². The molecule has 0 bridgehead atoms. The number of aliphatic hydroxyl groups is 1. The molecule has 0 heterocycles. The maximum Gasteiger partial charge on any atom is 0.161 e. The van der Waals surface area contributed by atoms with E-state index in [0.29, 0.717) is 31.0 Å². The fourth-order valence-corrected chi connectivity index (χ4v) is 2.43. The molecule has 0 saturated heterocycles. The van der Waals surface area contributed by atoms with E-state index in [9.17, 15) is 9.50 Å². The molecule has 25 heavy (non-hydrogen) atoms. The predicted molar refractivity (Wildman–Crippen MR) is 96.5 cm³/mol. The number of benzene rings is 2. The second kappa shape index (κ2) is 10.0. The van der Waals surface area contributed by atoms with Gasteiger partial charge in [0.2, 0.25) is 0 Å². The minimum atomic E-state index is -0.681. The van der Waals surface area contributed by atoms with Crippen molar-refractivity contribution in [2.75, 3.05) is 20.3 Å². The van der Waals surface area contributed by atoms with Gasteiger partial charge in [0.05, 0.1) is 19.8 Å². The van der Waals surface area contributed by atoms with Crippen molar-refractivity contribution in [2.24, 2.45) is 0 Å². The predicted octanol–water partition coefficient (Wildman–Crippen LogP) is 3.84. The van der Waals surface area contributed by atoms with Crippen LogP contribution >= 0.6 is 0 Å². The lowest BCUT2D eigenvalue weighted by atomic mass is 10.1. The summed E-state index contributed by atoms with van der Waals surface area (Å²) in [6, 6.07) is 11.7. The molecule has 0 aliphatic heterocycles. The van der Waals surface area contributed by atoms with Crippen LogP contribution in [0, 0.1) is 5.82 Å². The lowest BCUT2D eigenvalue weighted by Gasteiger charge is -2.14. The van der Waals surface area contributed by atoms with E-state index in [0.717, 1.165) is 24.2 Å². The Morgan fingerprint density at radius 3 is 2.56 bits per heavy atom. The van der Waals surface area contributed by atoms with Crippen molar-refractivity contribution < 1.29 is 19.0 Å². The smallest absolute Gasteiger partial charge is 0.161 e. The number of ether oxygens (including phenoxy) is 2. The van der Waals surface area contributed by atoms with Crippen LogP contribution in [0.1, 0.15) is 37.0 Å². The summed E-state index contributed by atoms with van der Waals surface area (Å²) in [6.07, 6.45) is 1.39.